The van der Waals surface area contributed by atoms with Gasteiger partial charge in [-0.15, -0.1) is 0 Å². The highest BCUT2D eigenvalue weighted by Gasteiger charge is 2.48. The molecule has 11 aromatic rings. The second-order valence-corrected chi connectivity index (χ2v) is 16.4. The lowest BCUT2D eigenvalue weighted by molar-refractivity contribution is 0.360. The second kappa shape index (κ2) is 14.3. The average Bonchev–Trinajstić information content (AvgIpc) is 3.90. The lowest BCUT2D eigenvalue weighted by atomic mass is 9.68. The summed E-state index contributed by atoms with van der Waals surface area (Å²) in [5.41, 5.74) is 14.7. The van der Waals surface area contributed by atoms with Crippen LogP contribution in [0.1, 0.15) is 22.3 Å². The Morgan fingerprint density at radius 2 is 0.969 bits per heavy atom. The third-order valence-electron chi connectivity index (χ3n) is 12.9. The molecule has 0 spiro atoms. The van der Waals surface area contributed by atoms with Crippen LogP contribution >= 0.6 is 0 Å². The van der Waals surface area contributed by atoms with Crippen LogP contribution in [0.15, 0.2) is 223 Å². The summed E-state index contributed by atoms with van der Waals surface area (Å²) in [5.74, 6) is 3.44. The highest BCUT2D eigenvalue weighted by Crippen LogP contribution is 2.62. The van der Waals surface area contributed by atoms with Crippen LogP contribution in [0.3, 0.4) is 0 Å². The molecule has 0 saturated carbocycles. The number of fused-ring (bicyclic) bond motifs is 9. The summed E-state index contributed by atoms with van der Waals surface area (Å²) in [6.07, 6.45) is 0. The maximum Gasteiger partial charge on any atom is 0.178 e. The van der Waals surface area contributed by atoms with Crippen molar-refractivity contribution in [3.63, 3.8) is 0 Å². The van der Waals surface area contributed by atoms with Crippen LogP contribution < -0.4 is 9.47 Å². The van der Waals surface area contributed by atoms with E-state index in [2.05, 4.69) is 164 Å². The van der Waals surface area contributed by atoms with Gasteiger partial charge < -0.3 is 13.9 Å². The number of benzene rings is 9. The van der Waals surface area contributed by atoms with Crippen molar-refractivity contribution in [1.29, 1.82) is 0 Å². The molecular formula is C59H36N2O3. The normalized spacial score (nSPS) is 13.1. The zero-order chi connectivity index (χ0) is 42.2. The molecule has 0 N–H and O–H groups in total. The molecule has 64 heavy (non-hydrogen) atoms. The Balaban J connectivity index is 0.870. The van der Waals surface area contributed by atoms with Gasteiger partial charge in [0.05, 0.1) is 16.8 Å². The number of hydrogen-bond donors (Lipinski definition) is 0. The molecule has 0 fully saturated rings. The molecule has 5 heteroatoms. The van der Waals surface area contributed by atoms with Gasteiger partial charge in [0, 0.05) is 33.0 Å². The maximum absolute atomic E-state index is 7.00. The topological polar surface area (TPSA) is 57.4 Å². The van der Waals surface area contributed by atoms with Crippen LogP contribution in [0.5, 0.6) is 23.0 Å². The molecule has 0 atom stereocenters. The first kappa shape index (κ1) is 36.1. The fourth-order valence-electron chi connectivity index (χ4n) is 9.92. The van der Waals surface area contributed by atoms with Gasteiger partial charge in [-0.3, -0.25) is 0 Å². The van der Waals surface area contributed by atoms with Crippen LogP contribution in [0.4, 0.5) is 0 Å². The summed E-state index contributed by atoms with van der Waals surface area (Å²) in [7, 11) is 0. The van der Waals surface area contributed by atoms with Crippen molar-refractivity contribution in [2.45, 2.75) is 5.41 Å². The zero-order valence-electron chi connectivity index (χ0n) is 34.4. The highest BCUT2D eigenvalue weighted by atomic mass is 16.6. The van der Waals surface area contributed by atoms with Gasteiger partial charge in [-0.2, -0.15) is 0 Å². The maximum atomic E-state index is 7.00. The van der Waals surface area contributed by atoms with Gasteiger partial charge in [0.2, 0.25) is 0 Å². The number of para-hydroxylation sites is 1. The smallest absolute Gasteiger partial charge is 0.178 e. The molecule has 0 amide bonds. The molecule has 300 valence electrons. The van der Waals surface area contributed by atoms with Gasteiger partial charge in [-0.25, -0.2) is 9.97 Å². The molecule has 0 radical (unpaired) electrons. The lowest BCUT2D eigenvalue weighted by Crippen LogP contribution is -2.28. The van der Waals surface area contributed by atoms with Crippen LogP contribution in [-0.4, -0.2) is 9.97 Å². The standard InChI is InChI=1S/C59H36N2O3/c1-4-14-39(15-5-1)58-60-49(36-50(61-58)41-28-30-45-44-20-11-13-23-51(44)62-54(45)35-41)38-26-24-37(25-27-38)40-29-32-52-55(34-40)64-57-53(63-52)33-31-48-56(57)46-21-10-12-22-47(46)59(48,42-16-6-2-7-17-42)43-18-8-3-9-19-43/h1-36H. The van der Waals surface area contributed by atoms with Crippen LogP contribution in [0.2, 0.25) is 0 Å². The van der Waals surface area contributed by atoms with E-state index in [4.69, 9.17) is 23.9 Å². The van der Waals surface area contributed by atoms with E-state index in [0.717, 1.165) is 78.0 Å². The highest BCUT2D eigenvalue weighted by molar-refractivity contribution is 6.06. The molecule has 0 bridgehead atoms. The Morgan fingerprint density at radius 3 is 1.75 bits per heavy atom. The van der Waals surface area contributed by atoms with E-state index >= 15 is 0 Å². The van der Waals surface area contributed by atoms with E-state index in [0.29, 0.717) is 23.1 Å². The van der Waals surface area contributed by atoms with E-state index in [9.17, 15) is 0 Å². The third kappa shape index (κ3) is 5.57. The summed E-state index contributed by atoms with van der Waals surface area (Å²) in [5, 5.41) is 2.18. The van der Waals surface area contributed by atoms with Crippen molar-refractivity contribution in [3.8, 4) is 79.2 Å². The minimum absolute atomic E-state index is 0.537. The predicted molar refractivity (Wildman–Crippen MR) is 255 cm³/mol. The number of rotatable bonds is 6. The predicted octanol–water partition coefficient (Wildman–Crippen LogP) is 15.3. The van der Waals surface area contributed by atoms with Crippen LogP contribution in [0, 0.1) is 0 Å². The molecule has 1 aliphatic heterocycles. The Hall–Kier alpha value is -8.54. The van der Waals surface area contributed by atoms with Gasteiger partial charge in [0.15, 0.2) is 28.8 Å². The number of hydrogen-bond acceptors (Lipinski definition) is 5. The molecule has 3 heterocycles. The van der Waals surface area contributed by atoms with E-state index in [1.165, 1.54) is 22.3 Å². The molecular weight excluding hydrogens is 785 g/mol. The molecule has 0 unspecified atom stereocenters. The van der Waals surface area contributed by atoms with Crippen molar-refractivity contribution < 1.29 is 13.9 Å². The van der Waals surface area contributed by atoms with Crippen molar-refractivity contribution in [1.82, 2.24) is 9.97 Å². The molecule has 0 saturated heterocycles. The number of ether oxygens (including phenoxy) is 2. The fourth-order valence-corrected chi connectivity index (χ4v) is 9.92. The Morgan fingerprint density at radius 1 is 0.359 bits per heavy atom. The minimum atomic E-state index is -0.537. The van der Waals surface area contributed by atoms with Crippen molar-refractivity contribution >= 4 is 21.9 Å². The van der Waals surface area contributed by atoms with Gasteiger partial charge in [-0.1, -0.05) is 176 Å². The average molecular weight is 821 g/mol. The van der Waals surface area contributed by atoms with E-state index in [1.54, 1.807) is 0 Å². The monoisotopic (exact) mass is 820 g/mol. The van der Waals surface area contributed by atoms with Crippen LogP contribution in [0.25, 0.3) is 78.1 Å². The summed E-state index contributed by atoms with van der Waals surface area (Å²) in [4.78, 5) is 10.2. The quantitative estimate of drug-likeness (QED) is 0.167. The van der Waals surface area contributed by atoms with Crippen molar-refractivity contribution in [2.75, 3.05) is 0 Å². The van der Waals surface area contributed by atoms with Crippen molar-refractivity contribution in [3.05, 3.63) is 241 Å². The number of nitrogens with zero attached hydrogens (tertiary/aromatic N) is 2. The summed E-state index contributed by atoms with van der Waals surface area (Å²) in [6.45, 7) is 0. The third-order valence-corrected chi connectivity index (χ3v) is 12.9. The second-order valence-electron chi connectivity index (χ2n) is 16.4. The molecule has 5 nitrogen and oxygen atoms in total. The lowest BCUT2D eigenvalue weighted by Gasteiger charge is -2.34. The van der Waals surface area contributed by atoms with E-state index in [1.807, 2.05) is 54.6 Å². The molecule has 13 rings (SSSR count). The summed E-state index contributed by atoms with van der Waals surface area (Å²) >= 11 is 0. The largest absolute Gasteiger partial charge is 0.456 e. The van der Waals surface area contributed by atoms with Gasteiger partial charge in [0.1, 0.15) is 11.2 Å². The van der Waals surface area contributed by atoms with Gasteiger partial charge in [-0.05, 0) is 81.4 Å². The Kier molecular flexibility index (Phi) is 8.06. The first-order chi connectivity index (χ1) is 31.7. The summed E-state index contributed by atoms with van der Waals surface area (Å²) in [6, 6.07) is 75.9. The van der Waals surface area contributed by atoms with Crippen molar-refractivity contribution in [2.24, 2.45) is 0 Å². The SMILES string of the molecule is c1ccc(-c2nc(-c3ccc(-c4ccc5c(c4)Oc4c(ccc6c4-c4ccccc4C6(c4ccccc4)c4ccccc4)O5)cc3)cc(-c3ccc4c(c3)oc3ccccc34)n2)cc1. The Labute approximate surface area is 369 Å². The zero-order valence-corrected chi connectivity index (χ0v) is 34.4. The number of aromatic nitrogens is 2. The molecule has 1 aliphatic carbocycles. The van der Waals surface area contributed by atoms with E-state index < -0.39 is 5.41 Å². The summed E-state index contributed by atoms with van der Waals surface area (Å²) < 4.78 is 19.9. The Bertz CT molecular complexity index is 3560. The minimum Gasteiger partial charge on any atom is -0.456 e. The molecule has 9 aromatic carbocycles. The molecule has 2 aromatic heterocycles. The van der Waals surface area contributed by atoms with Crippen LogP contribution in [-0.2, 0) is 5.41 Å². The fraction of sp³-hybridized carbons (Fsp3) is 0.0169. The van der Waals surface area contributed by atoms with Gasteiger partial charge >= 0.3 is 0 Å². The van der Waals surface area contributed by atoms with Gasteiger partial charge in [0.25, 0.3) is 0 Å². The first-order valence-corrected chi connectivity index (χ1v) is 21.5. The van der Waals surface area contributed by atoms with E-state index in [-0.39, 0.29) is 0 Å². The first-order valence-electron chi connectivity index (χ1n) is 21.5. The number of furan rings is 1. The molecule has 2 aliphatic rings.